The van der Waals surface area contributed by atoms with E-state index in [1.165, 1.54) is 5.56 Å². The van der Waals surface area contributed by atoms with Crippen LogP contribution in [0.25, 0.3) is 0 Å². The van der Waals surface area contributed by atoms with Gasteiger partial charge in [-0.2, -0.15) is 0 Å². The minimum atomic E-state index is -0.184. The summed E-state index contributed by atoms with van der Waals surface area (Å²) in [6.45, 7) is 3.89. The first-order valence-corrected chi connectivity index (χ1v) is 6.68. The highest BCUT2D eigenvalue weighted by Crippen LogP contribution is 2.15. The number of amides is 1. The molecule has 18 heavy (non-hydrogen) atoms. The van der Waals surface area contributed by atoms with Crippen molar-refractivity contribution in [1.29, 1.82) is 0 Å². The maximum Gasteiger partial charge on any atom is 0.251 e. The van der Waals surface area contributed by atoms with Gasteiger partial charge in [0.1, 0.15) is 6.04 Å². The third-order valence-corrected chi connectivity index (χ3v) is 3.62. The molecular weight excluding hydrogens is 244 g/mol. The van der Waals surface area contributed by atoms with Gasteiger partial charge in [-0.25, -0.2) is 0 Å². The quantitative estimate of drug-likeness (QED) is 0.844. The van der Waals surface area contributed by atoms with Gasteiger partial charge in [0.25, 0.3) is 5.91 Å². The third kappa shape index (κ3) is 2.70. The number of hydrogen-bond donors (Lipinski definition) is 1. The second-order valence-corrected chi connectivity index (χ2v) is 5.14. The van der Waals surface area contributed by atoms with E-state index in [0.717, 1.165) is 12.8 Å². The third-order valence-electron chi connectivity index (χ3n) is 3.30. The van der Waals surface area contributed by atoms with Gasteiger partial charge in [-0.15, -0.1) is 0 Å². The van der Waals surface area contributed by atoms with E-state index in [2.05, 4.69) is 17.4 Å². The van der Waals surface area contributed by atoms with Crippen molar-refractivity contribution in [3.05, 3.63) is 35.9 Å². The maximum absolute atomic E-state index is 11.9. The maximum atomic E-state index is 11.9. The largest absolute Gasteiger partial charge is 0.351 e. The molecule has 0 unspecified atom stereocenters. The molecule has 1 aromatic rings. The van der Waals surface area contributed by atoms with Crippen LogP contribution < -0.4 is 5.32 Å². The van der Waals surface area contributed by atoms with Crippen molar-refractivity contribution >= 4 is 23.2 Å². The summed E-state index contributed by atoms with van der Waals surface area (Å²) in [5.74, 6) is 0.0839. The van der Waals surface area contributed by atoms with Gasteiger partial charge in [0.2, 0.25) is 0 Å². The molecule has 0 radical (unpaired) electrons. The Morgan fingerprint density at radius 3 is 2.61 bits per heavy atom. The zero-order valence-corrected chi connectivity index (χ0v) is 11.5. The van der Waals surface area contributed by atoms with Crippen LogP contribution in [0.5, 0.6) is 0 Å². The van der Waals surface area contributed by atoms with Gasteiger partial charge in [-0.05, 0) is 44.5 Å². The Balaban J connectivity index is 1.94. The minimum absolute atomic E-state index is 0.0839. The summed E-state index contributed by atoms with van der Waals surface area (Å²) in [6.07, 6.45) is 1.88. The number of nitrogens with zero attached hydrogens (tertiary/aromatic N) is 1. The summed E-state index contributed by atoms with van der Waals surface area (Å²) in [6, 6.07) is 10.3. The number of carbonyl (C=O) groups is 1. The number of thiocarbonyl (C=S) groups is 1. The topological polar surface area (TPSA) is 32.3 Å². The fourth-order valence-corrected chi connectivity index (χ4v) is 2.64. The zero-order chi connectivity index (χ0) is 13.1. The minimum Gasteiger partial charge on any atom is -0.351 e. The molecule has 1 N–H and O–H groups in total. The second-order valence-electron chi connectivity index (χ2n) is 4.75. The highest BCUT2D eigenvalue weighted by molar-refractivity contribution is 7.80. The van der Waals surface area contributed by atoms with Crippen LogP contribution in [0.4, 0.5) is 0 Å². The van der Waals surface area contributed by atoms with Gasteiger partial charge < -0.3 is 5.32 Å². The van der Waals surface area contributed by atoms with Crippen molar-refractivity contribution in [2.24, 2.45) is 0 Å². The highest BCUT2D eigenvalue weighted by atomic mass is 32.1. The van der Waals surface area contributed by atoms with Crippen LogP contribution in [0.3, 0.4) is 0 Å². The van der Waals surface area contributed by atoms with Crippen LogP contribution in [0, 0.1) is 0 Å². The van der Waals surface area contributed by atoms with Crippen molar-refractivity contribution in [2.75, 3.05) is 0 Å². The molecule has 1 saturated heterocycles. The molecule has 0 aromatic heterocycles. The monoisotopic (exact) mass is 262 g/mol. The SMILES string of the molecule is C[C@@H]1NC(=S)N([C@H](C)CCc2ccccc2)C1=O. The molecule has 1 aromatic carbocycles. The summed E-state index contributed by atoms with van der Waals surface area (Å²) in [4.78, 5) is 13.7. The lowest BCUT2D eigenvalue weighted by atomic mass is 10.1. The Morgan fingerprint density at radius 2 is 2.06 bits per heavy atom. The molecule has 2 atom stereocenters. The molecule has 1 fully saturated rings. The summed E-state index contributed by atoms with van der Waals surface area (Å²) >= 11 is 5.20. The van der Waals surface area contributed by atoms with Gasteiger partial charge >= 0.3 is 0 Å². The predicted octanol–water partition coefficient (Wildman–Crippen LogP) is 2.11. The average Bonchev–Trinajstić information content (AvgIpc) is 2.62. The van der Waals surface area contributed by atoms with E-state index in [1.54, 1.807) is 4.90 Å². The van der Waals surface area contributed by atoms with Crippen molar-refractivity contribution in [3.8, 4) is 0 Å². The lowest BCUT2D eigenvalue weighted by Crippen LogP contribution is -2.39. The van der Waals surface area contributed by atoms with Crippen LogP contribution >= 0.6 is 12.2 Å². The van der Waals surface area contributed by atoms with E-state index in [9.17, 15) is 4.79 Å². The van der Waals surface area contributed by atoms with Gasteiger partial charge in [-0.1, -0.05) is 30.3 Å². The number of nitrogens with one attached hydrogen (secondary N) is 1. The number of rotatable bonds is 4. The normalized spacial score (nSPS) is 21.0. The number of hydrogen-bond acceptors (Lipinski definition) is 2. The van der Waals surface area contributed by atoms with Gasteiger partial charge in [0, 0.05) is 6.04 Å². The van der Waals surface area contributed by atoms with Crippen LogP contribution in [0.1, 0.15) is 25.8 Å². The number of aryl methyl sites for hydroxylation is 1. The van der Waals surface area contributed by atoms with Crippen molar-refractivity contribution in [2.45, 2.75) is 38.8 Å². The molecule has 1 heterocycles. The summed E-state index contributed by atoms with van der Waals surface area (Å²) in [7, 11) is 0. The number of carbonyl (C=O) groups excluding carboxylic acids is 1. The Labute approximate surface area is 113 Å². The fourth-order valence-electron chi connectivity index (χ4n) is 2.19. The average molecular weight is 262 g/mol. The van der Waals surface area contributed by atoms with E-state index in [0.29, 0.717) is 5.11 Å². The Kier molecular flexibility index (Phi) is 3.97. The van der Waals surface area contributed by atoms with Gasteiger partial charge in [0.05, 0.1) is 0 Å². The molecule has 1 aliphatic rings. The molecule has 0 spiro atoms. The molecule has 0 saturated carbocycles. The molecule has 0 aliphatic carbocycles. The zero-order valence-electron chi connectivity index (χ0n) is 10.7. The van der Waals surface area contributed by atoms with Crippen LogP contribution in [0.15, 0.2) is 30.3 Å². The molecular formula is C14H18N2OS. The van der Waals surface area contributed by atoms with E-state index >= 15 is 0 Å². The molecule has 1 aliphatic heterocycles. The smallest absolute Gasteiger partial charge is 0.251 e. The first kappa shape index (κ1) is 13.0. The van der Waals surface area contributed by atoms with E-state index in [-0.39, 0.29) is 18.0 Å². The van der Waals surface area contributed by atoms with Gasteiger partial charge in [-0.3, -0.25) is 9.69 Å². The van der Waals surface area contributed by atoms with Crippen molar-refractivity contribution in [1.82, 2.24) is 10.2 Å². The first-order chi connectivity index (χ1) is 8.59. The molecule has 2 rings (SSSR count). The van der Waals surface area contributed by atoms with Crippen molar-refractivity contribution in [3.63, 3.8) is 0 Å². The van der Waals surface area contributed by atoms with Crippen LogP contribution in [0.2, 0.25) is 0 Å². The van der Waals surface area contributed by atoms with Crippen LogP contribution in [-0.2, 0) is 11.2 Å². The van der Waals surface area contributed by atoms with Crippen LogP contribution in [-0.4, -0.2) is 28.0 Å². The Morgan fingerprint density at radius 1 is 1.39 bits per heavy atom. The predicted molar refractivity (Wildman–Crippen MR) is 76.3 cm³/mol. The summed E-state index contributed by atoms with van der Waals surface area (Å²) < 4.78 is 0. The Bertz CT molecular complexity index is 446. The molecule has 4 heteroatoms. The summed E-state index contributed by atoms with van der Waals surface area (Å²) in [5, 5.41) is 3.57. The van der Waals surface area contributed by atoms with Crippen molar-refractivity contribution < 1.29 is 4.79 Å². The molecule has 3 nitrogen and oxygen atoms in total. The number of benzene rings is 1. The molecule has 0 bridgehead atoms. The highest BCUT2D eigenvalue weighted by Gasteiger charge is 2.34. The molecule has 1 amide bonds. The fraction of sp³-hybridized carbons (Fsp3) is 0.429. The van der Waals surface area contributed by atoms with Gasteiger partial charge in [0.15, 0.2) is 5.11 Å². The standard InChI is InChI=1S/C14H18N2OS/c1-10(8-9-12-6-4-3-5-7-12)16-13(17)11(2)15-14(16)18/h3-7,10-11H,8-9H2,1-2H3,(H,15,18)/t10-,11+/m1/s1. The Hall–Kier alpha value is -1.42. The first-order valence-electron chi connectivity index (χ1n) is 6.27. The lowest BCUT2D eigenvalue weighted by molar-refractivity contribution is -0.128. The van der Waals surface area contributed by atoms with E-state index in [4.69, 9.17) is 12.2 Å². The van der Waals surface area contributed by atoms with E-state index in [1.807, 2.05) is 32.0 Å². The summed E-state index contributed by atoms with van der Waals surface area (Å²) in [5.41, 5.74) is 1.29. The lowest BCUT2D eigenvalue weighted by Gasteiger charge is -2.23. The van der Waals surface area contributed by atoms with E-state index < -0.39 is 0 Å². The second kappa shape index (κ2) is 5.48. The molecule has 96 valence electrons.